The van der Waals surface area contributed by atoms with E-state index in [4.69, 9.17) is 0 Å². The van der Waals surface area contributed by atoms with Gasteiger partial charge in [-0.05, 0) is 31.2 Å². The number of thiazole rings is 1. The molecular weight excluding hydrogens is 316 g/mol. The molecule has 0 aliphatic heterocycles. The fourth-order valence-corrected chi connectivity index (χ4v) is 3.75. The van der Waals surface area contributed by atoms with Crippen molar-refractivity contribution in [2.45, 2.75) is 13.5 Å². The smallest absolute Gasteiger partial charge is 0.211 e. The van der Waals surface area contributed by atoms with Crippen molar-refractivity contribution in [1.29, 1.82) is 0 Å². The van der Waals surface area contributed by atoms with Crippen LogP contribution in [0.2, 0.25) is 0 Å². The number of nitrogens with zero attached hydrogens (tertiary/aromatic N) is 4. The van der Waals surface area contributed by atoms with Crippen LogP contribution in [0.25, 0.3) is 21.1 Å². The van der Waals surface area contributed by atoms with Gasteiger partial charge in [0.25, 0.3) is 0 Å². The Hall–Kier alpha value is -2.79. The summed E-state index contributed by atoms with van der Waals surface area (Å²) in [5.74, 6) is 0. The Labute approximate surface area is 143 Å². The average molecular weight is 332 g/mol. The molecule has 0 saturated heterocycles. The van der Waals surface area contributed by atoms with Gasteiger partial charge in [0.05, 0.1) is 27.6 Å². The molecule has 24 heavy (non-hydrogen) atoms. The first-order valence-corrected chi connectivity index (χ1v) is 8.68. The molecule has 0 unspecified atom stereocenters. The molecule has 2 aromatic heterocycles. The number of benzene rings is 2. The Bertz CT molecular complexity index is 1100. The van der Waals surface area contributed by atoms with Gasteiger partial charge in [0.1, 0.15) is 0 Å². The first kappa shape index (κ1) is 14.8. The third-order valence-corrected chi connectivity index (χ3v) is 4.91. The van der Waals surface area contributed by atoms with Crippen molar-refractivity contribution >= 4 is 38.7 Å². The van der Waals surface area contributed by atoms with Gasteiger partial charge < -0.3 is 4.57 Å². The summed E-state index contributed by atoms with van der Waals surface area (Å²) in [6, 6.07) is 20.4. The summed E-state index contributed by atoms with van der Waals surface area (Å²) in [5, 5.41) is 9.78. The zero-order valence-corrected chi connectivity index (χ0v) is 14.1. The van der Waals surface area contributed by atoms with Crippen LogP contribution in [-0.2, 0) is 6.54 Å². The highest BCUT2D eigenvalue weighted by Crippen LogP contribution is 2.16. The molecule has 0 N–H and O–H groups in total. The lowest BCUT2D eigenvalue weighted by Gasteiger charge is -1.98. The minimum atomic E-state index is 0.807. The second-order valence-electron chi connectivity index (χ2n) is 5.37. The minimum absolute atomic E-state index is 0.807. The topological polar surface area (TPSA) is 42.5 Å². The Morgan fingerprint density at radius 2 is 1.88 bits per heavy atom. The molecule has 2 heterocycles. The molecule has 4 aromatic rings. The Kier molecular flexibility index (Phi) is 3.92. The van der Waals surface area contributed by atoms with Crippen LogP contribution in [0.3, 0.4) is 0 Å². The van der Waals surface area contributed by atoms with Crippen LogP contribution >= 0.6 is 11.3 Å². The number of aromatic nitrogens is 2. The highest BCUT2D eigenvalue weighted by Gasteiger charge is 2.03. The van der Waals surface area contributed by atoms with Crippen molar-refractivity contribution in [2.24, 2.45) is 10.2 Å². The predicted molar refractivity (Wildman–Crippen MR) is 100 cm³/mol. The van der Waals surface area contributed by atoms with Crippen molar-refractivity contribution in [3.05, 3.63) is 71.2 Å². The number of pyridine rings is 1. The highest BCUT2D eigenvalue weighted by molar-refractivity contribution is 7.16. The molecular formula is C19H16N4S. The highest BCUT2D eigenvalue weighted by atomic mass is 32.1. The molecule has 4 rings (SSSR count). The van der Waals surface area contributed by atoms with Gasteiger partial charge in [0.2, 0.25) is 4.80 Å². The van der Waals surface area contributed by atoms with Gasteiger partial charge in [0.15, 0.2) is 0 Å². The van der Waals surface area contributed by atoms with E-state index in [0.29, 0.717) is 0 Å². The van der Waals surface area contributed by atoms with E-state index in [9.17, 15) is 0 Å². The number of fused-ring (bicyclic) bond motifs is 2. The molecule has 0 bridgehead atoms. The number of para-hydroxylation sites is 2. The maximum atomic E-state index is 4.58. The van der Waals surface area contributed by atoms with Gasteiger partial charge in [-0.25, -0.2) is 4.98 Å². The molecule has 0 aliphatic rings. The summed E-state index contributed by atoms with van der Waals surface area (Å²) in [7, 11) is 0. The lowest BCUT2D eigenvalue weighted by atomic mass is 10.2. The SMILES string of the molecule is CCn1c(=NN=Cc2ccc3ccccc3n2)sc2ccccc21. The van der Waals surface area contributed by atoms with E-state index in [-0.39, 0.29) is 0 Å². The van der Waals surface area contributed by atoms with Gasteiger partial charge in [-0.1, -0.05) is 47.7 Å². The zero-order chi connectivity index (χ0) is 16.4. The molecule has 2 aromatic carbocycles. The summed E-state index contributed by atoms with van der Waals surface area (Å²) in [5.41, 5.74) is 2.97. The van der Waals surface area contributed by atoms with Gasteiger partial charge in [0, 0.05) is 11.9 Å². The minimum Gasteiger partial charge on any atom is -0.315 e. The van der Waals surface area contributed by atoms with Crippen molar-refractivity contribution < 1.29 is 0 Å². The van der Waals surface area contributed by atoms with E-state index in [0.717, 1.165) is 27.9 Å². The molecule has 0 fully saturated rings. The first-order chi connectivity index (χ1) is 11.8. The fourth-order valence-electron chi connectivity index (χ4n) is 2.69. The van der Waals surface area contributed by atoms with Crippen LogP contribution in [0, 0.1) is 0 Å². The van der Waals surface area contributed by atoms with Crippen molar-refractivity contribution in [3.8, 4) is 0 Å². The van der Waals surface area contributed by atoms with Crippen molar-refractivity contribution in [1.82, 2.24) is 9.55 Å². The molecule has 4 nitrogen and oxygen atoms in total. The largest absolute Gasteiger partial charge is 0.315 e. The normalized spacial score (nSPS) is 12.6. The number of aryl methyl sites for hydroxylation is 1. The van der Waals surface area contributed by atoms with Crippen molar-refractivity contribution in [2.75, 3.05) is 0 Å². The molecule has 0 aliphatic carbocycles. The van der Waals surface area contributed by atoms with Crippen LogP contribution < -0.4 is 4.80 Å². The fraction of sp³-hybridized carbons (Fsp3) is 0.105. The maximum absolute atomic E-state index is 4.58. The second kappa shape index (κ2) is 6.37. The standard InChI is InChI=1S/C19H16N4S/c1-2-23-17-9-5-6-10-18(17)24-19(23)22-20-13-15-12-11-14-7-3-4-8-16(14)21-15/h3-13H,2H2,1H3. The molecule has 118 valence electrons. The monoisotopic (exact) mass is 332 g/mol. The molecule has 0 radical (unpaired) electrons. The van der Waals surface area contributed by atoms with Crippen LogP contribution in [0.4, 0.5) is 0 Å². The lowest BCUT2D eigenvalue weighted by Crippen LogP contribution is -2.12. The molecule has 0 saturated carbocycles. The summed E-state index contributed by atoms with van der Waals surface area (Å²) in [4.78, 5) is 5.48. The maximum Gasteiger partial charge on any atom is 0.211 e. The van der Waals surface area contributed by atoms with Crippen LogP contribution in [0.5, 0.6) is 0 Å². The van der Waals surface area contributed by atoms with Crippen LogP contribution in [0.15, 0.2) is 70.9 Å². The first-order valence-electron chi connectivity index (χ1n) is 7.86. The van der Waals surface area contributed by atoms with E-state index in [1.807, 2.05) is 36.4 Å². The van der Waals surface area contributed by atoms with E-state index in [1.165, 1.54) is 10.2 Å². The number of hydrogen-bond acceptors (Lipinski definition) is 4. The third kappa shape index (κ3) is 2.74. The van der Waals surface area contributed by atoms with Gasteiger partial charge in [-0.3, -0.25) is 0 Å². The summed E-state index contributed by atoms with van der Waals surface area (Å²) in [6.07, 6.45) is 1.71. The van der Waals surface area contributed by atoms with E-state index < -0.39 is 0 Å². The third-order valence-electron chi connectivity index (χ3n) is 3.86. The Balaban J connectivity index is 1.72. The average Bonchev–Trinajstić information content (AvgIpc) is 2.99. The Morgan fingerprint density at radius 3 is 2.79 bits per heavy atom. The lowest BCUT2D eigenvalue weighted by molar-refractivity contribution is 0.756. The summed E-state index contributed by atoms with van der Waals surface area (Å²) >= 11 is 1.65. The van der Waals surface area contributed by atoms with Crippen LogP contribution in [-0.4, -0.2) is 15.8 Å². The second-order valence-corrected chi connectivity index (χ2v) is 6.38. The van der Waals surface area contributed by atoms with E-state index >= 15 is 0 Å². The summed E-state index contributed by atoms with van der Waals surface area (Å²) < 4.78 is 3.39. The molecule has 0 amide bonds. The predicted octanol–water partition coefficient (Wildman–Crippen LogP) is 4.21. The number of hydrogen-bond donors (Lipinski definition) is 0. The number of rotatable bonds is 3. The van der Waals surface area contributed by atoms with Crippen LogP contribution in [0.1, 0.15) is 12.6 Å². The zero-order valence-electron chi connectivity index (χ0n) is 13.3. The quantitative estimate of drug-likeness (QED) is 0.409. The molecule has 5 heteroatoms. The molecule has 0 atom stereocenters. The summed E-state index contributed by atoms with van der Waals surface area (Å²) in [6.45, 7) is 2.99. The Morgan fingerprint density at radius 1 is 1.04 bits per heavy atom. The van der Waals surface area contributed by atoms with Gasteiger partial charge in [-0.2, -0.15) is 5.10 Å². The van der Waals surface area contributed by atoms with Gasteiger partial charge in [-0.15, -0.1) is 5.10 Å². The molecule has 0 spiro atoms. The van der Waals surface area contributed by atoms with E-state index in [2.05, 4.69) is 50.9 Å². The van der Waals surface area contributed by atoms with E-state index in [1.54, 1.807) is 17.6 Å². The van der Waals surface area contributed by atoms with Gasteiger partial charge >= 0.3 is 0 Å². The van der Waals surface area contributed by atoms with Crippen molar-refractivity contribution in [3.63, 3.8) is 0 Å².